The fourth-order valence-corrected chi connectivity index (χ4v) is 6.13. The van der Waals surface area contributed by atoms with Crippen LogP contribution in [-0.4, -0.2) is 55.0 Å². The largest absolute Gasteiger partial charge is 0.492 e. The van der Waals surface area contributed by atoms with Crippen LogP contribution >= 0.6 is 23.2 Å². The summed E-state index contributed by atoms with van der Waals surface area (Å²) in [5.41, 5.74) is 2.11. The van der Waals surface area contributed by atoms with Crippen LogP contribution < -0.4 is 14.2 Å². The molecule has 5 rings (SSSR count). The van der Waals surface area contributed by atoms with Gasteiger partial charge in [0.15, 0.2) is 0 Å². The zero-order chi connectivity index (χ0) is 28.3. The first-order chi connectivity index (χ1) is 19.2. The third-order valence-corrected chi connectivity index (χ3v) is 9.06. The van der Waals surface area contributed by atoms with Crippen LogP contribution in [0, 0.1) is 12.8 Å². The summed E-state index contributed by atoms with van der Waals surface area (Å²) in [5, 5.41) is 0.852. The number of hydrogen-bond acceptors (Lipinski definition) is 8. The van der Waals surface area contributed by atoms with E-state index in [2.05, 4.69) is 31.6 Å². The quantitative estimate of drug-likeness (QED) is 0.259. The number of aromatic nitrogens is 3. The van der Waals surface area contributed by atoms with Gasteiger partial charge in [-0.1, -0.05) is 35.3 Å². The molecule has 1 aliphatic rings. The highest BCUT2D eigenvalue weighted by molar-refractivity contribution is 7.92. The molecule has 3 heterocycles. The van der Waals surface area contributed by atoms with Crippen LogP contribution in [0.15, 0.2) is 59.8 Å². The first kappa shape index (κ1) is 28.4. The van der Waals surface area contributed by atoms with Gasteiger partial charge >= 0.3 is 0 Å². The molecule has 0 radical (unpaired) electrons. The molecule has 4 aromatic rings. The molecule has 2 aromatic heterocycles. The van der Waals surface area contributed by atoms with Gasteiger partial charge in [0.25, 0.3) is 15.9 Å². The Balaban J connectivity index is 1.37. The monoisotopic (exact) mass is 601 g/mol. The van der Waals surface area contributed by atoms with Crippen molar-refractivity contribution >= 4 is 50.1 Å². The molecule has 1 N–H and O–H groups in total. The Bertz CT molecular complexity index is 1630. The molecule has 0 bridgehead atoms. The number of likely N-dealkylation sites (tertiary alicyclic amines) is 1. The molecule has 0 amide bonds. The highest BCUT2D eigenvalue weighted by atomic mass is 35.5. The number of halogens is 2. The zero-order valence-electron chi connectivity index (χ0n) is 22.1. The van der Waals surface area contributed by atoms with E-state index >= 15 is 0 Å². The van der Waals surface area contributed by atoms with Crippen molar-refractivity contribution in [2.45, 2.75) is 31.3 Å². The lowest BCUT2D eigenvalue weighted by molar-refractivity contribution is 0.160. The predicted octanol–water partition coefficient (Wildman–Crippen LogP) is 5.74. The summed E-state index contributed by atoms with van der Waals surface area (Å²) in [4.78, 5) is 15.4. The molecule has 0 saturated carbocycles. The van der Waals surface area contributed by atoms with E-state index in [1.807, 2.05) is 12.1 Å². The molecule has 210 valence electrons. The number of hydrogen-bond donors (Lipinski definition) is 1. The molecule has 9 nitrogen and oxygen atoms in total. The third-order valence-electron chi connectivity index (χ3n) is 6.86. The van der Waals surface area contributed by atoms with Crippen molar-refractivity contribution in [3.8, 4) is 11.6 Å². The maximum absolute atomic E-state index is 13.3. The molecular formula is C28H29Cl2N5O4S. The number of ether oxygens (including phenoxy) is 2. The summed E-state index contributed by atoms with van der Waals surface area (Å²) in [6.07, 6.45) is 5.25. The number of pyridine rings is 1. The molecule has 1 fully saturated rings. The molecule has 1 saturated heterocycles. The molecule has 2 aromatic carbocycles. The van der Waals surface area contributed by atoms with Crippen LogP contribution in [0.25, 0.3) is 11.0 Å². The lowest BCUT2D eigenvalue weighted by Crippen LogP contribution is -2.32. The van der Waals surface area contributed by atoms with Crippen LogP contribution in [-0.2, 0) is 16.6 Å². The van der Waals surface area contributed by atoms with E-state index in [1.165, 1.54) is 12.3 Å². The zero-order valence-corrected chi connectivity index (χ0v) is 24.4. The SMILES string of the molecule is Cc1c(Cl)cccc1S(=O)(=O)Nc1nc2cnccc2nc1OCc1ccc(Cl)c(OCC2CCN(C)CC2)c1. The summed E-state index contributed by atoms with van der Waals surface area (Å²) >= 11 is 12.6. The summed E-state index contributed by atoms with van der Waals surface area (Å²) in [5.74, 6) is 1.02. The summed E-state index contributed by atoms with van der Waals surface area (Å²) < 4.78 is 41.2. The van der Waals surface area contributed by atoms with Gasteiger partial charge in [-0.3, -0.25) is 9.71 Å². The van der Waals surface area contributed by atoms with E-state index in [4.69, 9.17) is 32.7 Å². The summed E-state index contributed by atoms with van der Waals surface area (Å²) in [7, 11) is -1.92. The minimum Gasteiger partial charge on any atom is -0.492 e. The van der Waals surface area contributed by atoms with Gasteiger partial charge in [0.1, 0.15) is 17.9 Å². The first-order valence-electron chi connectivity index (χ1n) is 12.8. The highest BCUT2D eigenvalue weighted by Gasteiger charge is 2.23. The Morgan fingerprint density at radius 2 is 1.82 bits per heavy atom. The number of nitrogens with one attached hydrogen (secondary N) is 1. The van der Waals surface area contributed by atoms with E-state index in [9.17, 15) is 8.42 Å². The average molecular weight is 603 g/mol. The second kappa shape index (κ2) is 12.1. The second-order valence-corrected chi connectivity index (χ2v) is 12.3. The minimum atomic E-state index is -4.05. The maximum atomic E-state index is 13.3. The van der Waals surface area contributed by atoms with Gasteiger partial charge in [0.2, 0.25) is 5.82 Å². The standard InChI is InChI=1S/C28H29Cl2N5O4S/c1-18-21(29)4-3-5-26(18)40(36,37)34-27-28(33-23-8-11-31-15-24(23)32-27)39-17-20-6-7-22(30)25(14-20)38-16-19-9-12-35(2)13-10-19/h3-8,11,14-15,19H,9-10,12-13,16-17H2,1-2H3,(H,32,34). The molecule has 40 heavy (non-hydrogen) atoms. The smallest absolute Gasteiger partial charge is 0.263 e. The summed E-state index contributed by atoms with van der Waals surface area (Å²) in [6, 6.07) is 11.8. The fraction of sp³-hybridized carbons (Fsp3) is 0.321. The topological polar surface area (TPSA) is 107 Å². The molecule has 0 unspecified atom stereocenters. The molecule has 0 atom stereocenters. The van der Waals surface area contributed by atoms with Gasteiger partial charge in [-0.25, -0.2) is 18.4 Å². The van der Waals surface area contributed by atoms with Crippen LogP contribution in [0.5, 0.6) is 11.6 Å². The van der Waals surface area contributed by atoms with Crippen molar-refractivity contribution in [3.05, 3.63) is 76.0 Å². The number of piperidine rings is 1. The number of nitrogens with zero attached hydrogens (tertiary/aromatic N) is 4. The van der Waals surface area contributed by atoms with E-state index in [0.717, 1.165) is 31.5 Å². The Morgan fingerprint density at radius 1 is 1.02 bits per heavy atom. The minimum absolute atomic E-state index is 0.0192. The van der Waals surface area contributed by atoms with Gasteiger partial charge in [-0.05, 0) is 87.3 Å². The predicted molar refractivity (Wildman–Crippen MR) is 156 cm³/mol. The molecule has 12 heteroatoms. The van der Waals surface area contributed by atoms with Crippen molar-refractivity contribution in [3.63, 3.8) is 0 Å². The van der Waals surface area contributed by atoms with E-state index in [-0.39, 0.29) is 23.2 Å². The number of anilines is 1. The number of sulfonamides is 1. The average Bonchev–Trinajstić information content (AvgIpc) is 2.94. The molecule has 1 aliphatic heterocycles. The molecular weight excluding hydrogens is 573 g/mol. The van der Waals surface area contributed by atoms with E-state index < -0.39 is 10.0 Å². The van der Waals surface area contributed by atoms with Gasteiger partial charge in [0, 0.05) is 11.2 Å². The second-order valence-electron chi connectivity index (χ2n) is 9.82. The number of fused-ring (bicyclic) bond motifs is 1. The normalized spacial score (nSPS) is 14.8. The number of benzene rings is 2. The van der Waals surface area contributed by atoms with Gasteiger partial charge in [0.05, 0.1) is 28.2 Å². The van der Waals surface area contributed by atoms with Crippen molar-refractivity contribution in [2.24, 2.45) is 5.92 Å². The maximum Gasteiger partial charge on any atom is 0.263 e. The highest BCUT2D eigenvalue weighted by Crippen LogP contribution is 2.31. The first-order valence-corrected chi connectivity index (χ1v) is 15.1. The Labute approximate surface area is 243 Å². The van der Waals surface area contributed by atoms with Crippen LogP contribution in [0.1, 0.15) is 24.0 Å². The van der Waals surface area contributed by atoms with Crippen molar-refractivity contribution in [2.75, 3.05) is 31.5 Å². The van der Waals surface area contributed by atoms with Crippen LogP contribution in [0.3, 0.4) is 0 Å². The molecule has 0 spiro atoms. The fourth-order valence-electron chi connectivity index (χ4n) is 4.45. The van der Waals surface area contributed by atoms with Crippen molar-refractivity contribution in [1.29, 1.82) is 0 Å². The molecule has 0 aliphatic carbocycles. The Kier molecular flexibility index (Phi) is 8.60. The Morgan fingerprint density at radius 3 is 2.62 bits per heavy atom. The van der Waals surface area contributed by atoms with E-state index in [1.54, 1.807) is 37.4 Å². The van der Waals surface area contributed by atoms with Crippen molar-refractivity contribution < 1.29 is 17.9 Å². The summed E-state index contributed by atoms with van der Waals surface area (Å²) in [6.45, 7) is 4.43. The van der Waals surface area contributed by atoms with Crippen LogP contribution in [0.4, 0.5) is 5.82 Å². The van der Waals surface area contributed by atoms with Gasteiger partial charge in [-0.2, -0.15) is 0 Å². The third kappa shape index (κ3) is 6.58. The van der Waals surface area contributed by atoms with Gasteiger partial charge in [-0.15, -0.1) is 0 Å². The lowest BCUT2D eigenvalue weighted by atomic mass is 9.98. The van der Waals surface area contributed by atoms with Crippen molar-refractivity contribution in [1.82, 2.24) is 19.9 Å². The number of rotatable bonds is 9. The van der Waals surface area contributed by atoms with E-state index in [0.29, 0.717) is 44.9 Å². The van der Waals surface area contributed by atoms with Crippen LogP contribution in [0.2, 0.25) is 10.0 Å². The Hall–Kier alpha value is -3.18. The van der Waals surface area contributed by atoms with Gasteiger partial charge < -0.3 is 14.4 Å². The lowest BCUT2D eigenvalue weighted by Gasteiger charge is -2.28.